The van der Waals surface area contributed by atoms with E-state index in [0.29, 0.717) is 10.6 Å². The highest BCUT2D eigenvalue weighted by atomic mass is 32.2. The predicted molar refractivity (Wildman–Crippen MR) is 88.5 cm³/mol. The zero-order valence-corrected chi connectivity index (χ0v) is 14.3. The van der Waals surface area contributed by atoms with Crippen molar-refractivity contribution >= 4 is 33.4 Å². The molecule has 3 rings (SSSR count). The maximum atomic E-state index is 12.2. The summed E-state index contributed by atoms with van der Waals surface area (Å²) in [5.74, 6) is -2.06. The minimum Gasteiger partial charge on any atom is -0.480 e. The van der Waals surface area contributed by atoms with Crippen LogP contribution in [0.4, 0.5) is 0 Å². The molecule has 0 unspecified atom stereocenters. The van der Waals surface area contributed by atoms with E-state index >= 15 is 0 Å². The highest BCUT2D eigenvalue weighted by molar-refractivity contribution is 7.88. The first kappa shape index (κ1) is 17.5. The quantitative estimate of drug-likeness (QED) is 0.644. The summed E-state index contributed by atoms with van der Waals surface area (Å²) in [7, 11) is -4.07. The van der Waals surface area contributed by atoms with E-state index in [1.165, 1.54) is 17.5 Å². The van der Waals surface area contributed by atoms with Gasteiger partial charge in [0.2, 0.25) is 0 Å². The molecule has 1 aromatic heterocycles. The van der Waals surface area contributed by atoms with Gasteiger partial charge in [-0.25, -0.2) is 9.71 Å². The number of carbonyl (C=O) groups excluding carboxylic acids is 1. The van der Waals surface area contributed by atoms with Crippen LogP contribution in [0.15, 0.2) is 41.9 Å². The van der Waals surface area contributed by atoms with Crippen LogP contribution in [0.1, 0.15) is 16.6 Å². The Morgan fingerprint density at radius 3 is 2.72 bits per heavy atom. The molecule has 0 spiro atoms. The maximum absolute atomic E-state index is 12.2. The fourth-order valence-electron chi connectivity index (χ4n) is 2.42. The van der Waals surface area contributed by atoms with Crippen molar-refractivity contribution in [2.75, 3.05) is 0 Å². The number of carboxylic acid groups (broad SMARTS) is 1. The number of rotatable bonds is 6. The minimum absolute atomic E-state index is 0.141. The first-order chi connectivity index (χ1) is 11.9. The second-order valence-electron chi connectivity index (χ2n) is 5.19. The van der Waals surface area contributed by atoms with Crippen LogP contribution in [0, 0.1) is 0 Å². The third-order valence-corrected chi connectivity index (χ3v) is 5.73. The molecule has 25 heavy (non-hydrogen) atoms. The fourth-order valence-corrected chi connectivity index (χ4v) is 4.33. The number of nitrogens with zero attached hydrogens (tertiary/aromatic N) is 2. The van der Waals surface area contributed by atoms with E-state index in [1.54, 1.807) is 35.7 Å². The third-order valence-electron chi connectivity index (χ3n) is 3.55. The van der Waals surface area contributed by atoms with E-state index in [2.05, 4.69) is 10.3 Å². The molecule has 11 heteroatoms. The Hall–Kier alpha value is -2.34. The van der Waals surface area contributed by atoms with Gasteiger partial charge in [-0.05, 0) is 5.56 Å². The Kier molecular flexibility index (Phi) is 4.81. The van der Waals surface area contributed by atoms with E-state index in [4.69, 9.17) is 0 Å². The Labute approximate surface area is 147 Å². The Morgan fingerprint density at radius 2 is 2.12 bits per heavy atom. The highest BCUT2D eigenvalue weighted by Crippen LogP contribution is 2.22. The number of amides is 1. The van der Waals surface area contributed by atoms with E-state index in [-0.39, 0.29) is 6.54 Å². The van der Waals surface area contributed by atoms with Crippen molar-refractivity contribution in [3.05, 3.63) is 52.5 Å². The van der Waals surface area contributed by atoms with Crippen LogP contribution in [0.3, 0.4) is 0 Å². The fraction of sp³-hybridized carbons (Fsp3) is 0.214. The largest absolute Gasteiger partial charge is 0.480 e. The number of carbonyl (C=O) groups is 2. The molecule has 0 radical (unpaired) electrons. The van der Waals surface area contributed by atoms with Gasteiger partial charge >= 0.3 is 16.2 Å². The summed E-state index contributed by atoms with van der Waals surface area (Å²) < 4.78 is 27.1. The Bertz CT molecular complexity index is 870. The molecule has 1 aliphatic rings. The second kappa shape index (κ2) is 6.88. The van der Waals surface area contributed by atoms with Crippen LogP contribution < -0.4 is 10.0 Å². The van der Waals surface area contributed by atoms with Crippen molar-refractivity contribution in [2.24, 2.45) is 0 Å². The number of hydrogen-bond donors (Lipinski definition) is 3. The van der Waals surface area contributed by atoms with E-state index in [0.717, 1.165) is 4.31 Å². The van der Waals surface area contributed by atoms with Crippen LogP contribution in [0.2, 0.25) is 0 Å². The zero-order valence-electron chi connectivity index (χ0n) is 12.7. The summed E-state index contributed by atoms with van der Waals surface area (Å²) in [6.07, 6.45) is 0.167. The number of aliphatic carboxylic acids is 1. The van der Waals surface area contributed by atoms with Crippen molar-refractivity contribution in [1.82, 2.24) is 19.3 Å². The van der Waals surface area contributed by atoms with Gasteiger partial charge in [0.25, 0.3) is 5.91 Å². The summed E-state index contributed by atoms with van der Waals surface area (Å²) >= 11 is 1.23. The lowest BCUT2D eigenvalue weighted by Gasteiger charge is -2.23. The summed E-state index contributed by atoms with van der Waals surface area (Å²) in [5, 5.41) is 14.3. The van der Waals surface area contributed by atoms with E-state index in [1.807, 2.05) is 4.72 Å². The molecule has 2 aromatic rings. The van der Waals surface area contributed by atoms with Gasteiger partial charge in [-0.2, -0.15) is 12.7 Å². The van der Waals surface area contributed by atoms with Crippen molar-refractivity contribution in [3.63, 3.8) is 0 Å². The lowest BCUT2D eigenvalue weighted by atomic mass is 10.1. The molecule has 0 bridgehead atoms. The number of carboxylic acids is 1. The molecule has 2 atom stereocenters. The third kappa shape index (κ3) is 3.69. The molecule has 0 saturated carbocycles. The van der Waals surface area contributed by atoms with Crippen molar-refractivity contribution in [3.8, 4) is 0 Å². The normalized spacial score (nSPS) is 21.0. The molecule has 1 amide bonds. The number of thiazole rings is 1. The highest BCUT2D eigenvalue weighted by Gasteiger charge is 2.46. The summed E-state index contributed by atoms with van der Waals surface area (Å²) in [4.78, 5) is 27.7. The SMILES string of the molecule is O=C(O)[C@@H](N[C@H]1C(=O)NS(=O)(=O)N1Cc1nccs1)c1ccccc1. The molecular formula is C14H14N4O5S2. The average molecular weight is 382 g/mol. The number of hydrogen-bond acceptors (Lipinski definition) is 7. The zero-order chi connectivity index (χ0) is 18.0. The number of benzene rings is 1. The summed E-state index contributed by atoms with van der Waals surface area (Å²) in [6, 6.07) is 6.96. The monoisotopic (exact) mass is 382 g/mol. The molecule has 1 aliphatic heterocycles. The van der Waals surface area contributed by atoms with Gasteiger partial charge in [0.1, 0.15) is 11.0 Å². The van der Waals surface area contributed by atoms with Crippen molar-refractivity contribution in [1.29, 1.82) is 0 Å². The van der Waals surface area contributed by atoms with Gasteiger partial charge in [0.05, 0.1) is 6.54 Å². The second-order valence-corrected chi connectivity index (χ2v) is 7.80. The Morgan fingerprint density at radius 1 is 1.40 bits per heavy atom. The van der Waals surface area contributed by atoms with Crippen LogP contribution in [0.25, 0.3) is 0 Å². The van der Waals surface area contributed by atoms with E-state index in [9.17, 15) is 23.1 Å². The average Bonchev–Trinajstić information content (AvgIpc) is 3.13. The maximum Gasteiger partial charge on any atom is 0.325 e. The van der Waals surface area contributed by atoms with Crippen LogP contribution in [-0.2, 0) is 26.3 Å². The lowest BCUT2D eigenvalue weighted by molar-refractivity contribution is -0.140. The topological polar surface area (TPSA) is 129 Å². The molecular weight excluding hydrogens is 368 g/mol. The molecule has 1 fully saturated rings. The van der Waals surface area contributed by atoms with Crippen LogP contribution >= 0.6 is 11.3 Å². The molecule has 9 nitrogen and oxygen atoms in total. The molecule has 3 N–H and O–H groups in total. The number of aromatic nitrogens is 1. The smallest absolute Gasteiger partial charge is 0.325 e. The van der Waals surface area contributed by atoms with Gasteiger partial charge in [-0.15, -0.1) is 11.3 Å². The predicted octanol–water partition coefficient (Wildman–Crippen LogP) is 0.0613. The first-order valence-electron chi connectivity index (χ1n) is 7.14. The van der Waals surface area contributed by atoms with Gasteiger partial charge in [-0.3, -0.25) is 14.9 Å². The van der Waals surface area contributed by atoms with Crippen LogP contribution in [-0.4, -0.2) is 40.9 Å². The molecule has 0 aliphatic carbocycles. The summed E-state index contributed by atoms with van der Waals surface area (Å²) in [5.41, 5.74) is 0.404. The minimum atomic E-state index is -4.07. The lowest BCUT2D eigenvalue weighted by Crippen LogP contribution is -2.49. The first-order valence-corrected chi connectivity index (χ1v) is 9.46. The molecule has 2 heterocycles. The molecule has 1 saturated heterocycles. The molecule has 1 aromatic carbocycles. The van der Waals surface area contributed by atoms with Gasteiger partial charge in [0, 0.05) is 11.6 Å². The van der Waals surface area contributed by atoms with Gasteiger partial charge in [-0.1, -0.05) is 30.3 Å². The summed E-state index contributed by atoms with van der Waals surface area (Å²) in [6.45, 7) is -0.141. The van der Waals surface area contributed by atoms with Crippen molar-refractivity contribution < 1.29 is 23.1 Å². The van der Waals surface area contributed by atoms with Crippen LogP contribution in [0.5, 0.6) is 0 Å². The number of nitrogens with one attached hydrogen (secondary N) is 2. The van der Waals surface area contributed by atoms with Gasteiger partial charge in [0.15, 0.2) is 6.17 Å². The Balaban J connectivity index is 1.89. The van der Waals surface area contributed by atoms with Crippen molar-refractivity contribution in [2.45, 2.75) is 18.8 Å². The van der Waals surface area contributed by atoms with Gasteiger partial charge < -0.3 is 5.11 Å². The van der Waals surface area contributed by atoms with E-state index < -0.39 is 34.3 Å². The standard InChI is InChI=1S/C14H14N4O5S2/c19-13-12(16-11(14(20)21)9-4-2-1-3-5-9)18(25(22,23)17-13)8-10-15-6-7-24-10/h1-7,11-12,16H,8H2,(H,17,19)(H,20,21)/t11-,12+/m0/s1. The molecule has 132 valence electrons.